The first-order valence-corrected chi connectivity index (χ1v) is 6.61. The highest BCUT2D eigenvalue weighted by Gasteiger charge is 2.23. The molecule has 1 aromatic rings. The standard InChI is InChI=1S/C12H14BrFN4/c1-9(7-15)17-2-4-18(5-3-17)12-11(14)6-10(13)8-16-12/h6,8-9H,2-5H2,1H3. The van der Waals surface area contributed by atoms with Crippen LogP contribution in [0.25, 0.3) is 0 Å². The Morgan fingerprint density at radius 1 is 1.44 bits per heavy atom. The molecule has 2 heterocycles. The Balaban J connectivity index is 2.04. The molecule has 0 N–H and O–H groups in total. The summed E-state index contributed by atoms with van der Waals surface area (Å²) < 4.78 is 14.4. The molecule has 0 bridgehead atoms. The SMILES string of the molecule is CC(C#N)N1CCN(c2ncc(Br)cc2F)CC1. The number of halogens is 2. The first kappa shape index (κ1) is 13.2. The van der Waals surface area contributed by atoms with Gasteiger partial charge in [-0.1, -0.05) is 0 Å². The van der Waals surface area contributed by atoms with Gasteiger partial charge in [-0.05, 0) is 28.9 Å². The van der Waals surface area contributed by atoms with Crippen LogP contribution in [-0.2, 0) is 0 Å². The van der Waals surface area contributed by atoms with E-state index < -0.39 is 0 Å². The van der Waals surface area contributed by atoms with Crippen LogP contribution in [0.1, 0.15) is 6.92 Å². The zero-order valence-electron chi connectivity index (χ0n) is 10.1. The maximum absolute atomic E-state index is 13.8. The minimum atomic E-state index is -0.314. The summed E-state index contributed by atoms with van der Waals surface area (Å²) >= 11 is 3.19. The fourth-order valence-electron chi connectivity index (χ4n) is 2.04. The van der Waals surface area contributed by atoms with Crippen molar-refractivity contribution < 1.29 is 4.39 Å². The molecule has 2 rings (SSSR count). The van der Waals surface area contributed by atoms with Crippen LogP contribution < -0.4 is 4.90 Å². The third kappa shape index (κ3) is 2.79. The van der Waals surface area contributed by atoms with E-state index in [1.54, 1.807) is 6.20 Å². The average molecular weight is 313 g/mol. The van der Waals surface area contributed by atoms with Crippen molar-refractivity contribution in [2.24, 2.45) is 0 Å². The van der Waals surface area contributed by atoms with E-state index in [1.165, 1.54) is 6.07 Å². The van der Waals surface area contributed by atoms with Gasteiger partial charge in [-0.3, -0.25) is 4.90 Å². The molecule has 0 aromatic carbocycles. The van der Waals surface area contributed by atoms with Crippen LogP contribution in [0.5, 0.6) is 0 Å². The number of pyridine rings is 1. The molecule has 18 heavy (non-hydrogen) atoms. The highest BCUT2D eigenvalue weighted by atomic mass is 79.9. The molecule has 1 saturated heterocycles. The van der Waals surface area contributed by atoms with Gasteiger partial charge in [0.15, 0.2) is 11.6 Å². The van der Waals surface area contributed by atoms with Crippen molar-refractivity contribution in [3.05, 3.63) is 22.6 Å². The lowest BCUT2D eigenvalue weighted by atomic mass is 10.2. The summed E-state index contributed by atoms with van der Waals surface area (Å²) in [6.07, 6.45) is 1.60. The van der Waals surface area contributed by atoms with E-state index in [0.717, 1.165) is 13.1 Å². The van der Waals surface area contributed by atoms with Crippen molar-refractivity contribution in [2.45, 2.75) is 13.0 Å². The lowest BCUT2D eigenvalue weighted by Crippen LogP contribution is -2.49. The van der Waals surface area contributed by atoms with Gasteiger partial charge >= 0.3 is 0 Å². The minimum Gasteiger partial charge on any atom is -0.352 e. The second kappa shape index (κ2) is 5.63. The lowest BCUT2D eigenvalue weighted by molar-refractivity contribution is 0.230. The van der Waals surface area contributed by atoms with Crippen LogP contribution in [0.3, 0.4) is 0 Å². The van der Waals surface area contributed by atoms with Crippen molar-refractivity contribution in [2.75, 3.05) is 31.1 Å². The molecule has 0 saturated carbocycles. The molecule has 6 heteroatoms. The summed E-state index contributed by atoms with van der Waals surface area (Å²) in [5.74, 6) is 0.0774. The van der Waals surface area contributed by atoms with Gasteiger partial charge < -0.3 is 4.90 Å². The number of nitrogens with zero attached hydrogens (tertiary/aromatic N) is 4. The second-order valence-electron chi connectivity index (χ2n) is 4.29. The molecule has 1 aromatic heterocycles. The van der Waals surface area contributed by atoms with Crippen LogP contribution >= 0.6 is 15.9 Å². The molecule has 0 spiro atoms. The summed E-state index contributed by atoms with van der Waals surface area (Å²) in [6, 6.07) is 3.55. The summed E-state index contributed by atoms with van der Waals surface area (Å²) in [4.78, 5) is 8.12. The quantitative estimate of drug-likeness (QED) is 0.838. The Bertz CT molecular complexity index is 466. The molecule has 96 valence electrons. The maximum Gasteiger partial charge on any atom is 0.166 e. The van der Waals surface area contributed by atoms with E-state index in [1.807, 2.05) is 11.8 Å². The van der Waals surface area contributed by atoms with Crippen LogP contribution in [0.4, 0.5) is 10.2 Å². The number of hydrogen-bond acceptors (Lipinski definition) is 4. The van der Waals surface area contributed by atoms with Crippen LogP contribution in [0.2, 0.25) is 0 Å². The predicted octanol–water partition coefficient (Wildman–Crippen LogP) is 2.02. The molecule has 1 atom stereocenters. The van der Waals surface area contributed by atoms with Crippen molar-refractivity contribution in [3.63, 3.8) is 0 Å². The zero-order valence-corrected chi connectivity index (χ0v) is 11.7. The third-order valence-corrected chi connectivity index (χ3v) is 3.57. The normalized spacial score (nSPS) is 18.4. The van der Waals surface area contributed by atoms with Crippen LogP contribution in [0, 0.1) is 17.1 Å². The van der Waals surface area contributed by atoms with Crippen molar-refractivity contribution >= 4 is 21.7 Å². The Labute approximate surface area is 114 Å². The number of anilines is 1. The highest BCUT2D eigenvalue weighted by molar-refractivity contribution is 9.10. The summed E-state index contributed by atoms with van der Waals surface area (Å²) in [5.41, 5.74) is 0. The van der Waals surface area contributed by atoms with E-state index in [-0.39, 0.29) is 11.9 Å². The molecular weight excluding hydrogens is 299 g/mol. The topological polar surface area (TPSA) is 43.2 Å². The Kier molecular flexibility index (Phi) is 4.15. The van der Waals surface area contributed by atoms with Crippen LogP contribution in [-0.4, -0.2) is 42.1 Å². The van der Waals surface area contributed by atoms with Gasteiger partial charge in [0.05, 0.1) is 12.1 Å². The van der Waals surface area contributed by atoms with Crippen molar-refractivity contribution in [3.8, 4) is 6.07 Å². The fraction of sp³-hybridized carbons (Fsp3) is 0.500. The van der Waals surface area contributed by atoms with Crippen LogP contribution in [0.15, 0.2) is 16.7 Å². The monoisotopic (exact) mass is 312 g/mol. The van der Waals surface area contributed by atoms with Crippen molar-refractivity contribution in [1.82, 2.24) is 9.88 Å². The van der Waals surface area contributed by atoms with Gasteiger partial charge in [0, 0.05) is 36.8 Å². The second-order valence-corrected chi connectivity index (χ2v) is 5.20. The van der Waals surface area contributed by atoms with E-state index in [2.05, 4.69) is 31.9 Å². The summed E-state index contributed by atoms with van der Waals surface area (Å²) in [6.45, 7) is 4.78. The number of hydrogen-bond donors (Lipinski definition) is 0. The van der Waals surface area contributed by atoms with E-state index >= 15 is 0 Å². The van der Waals surface area contributed by atoms with Gasteiger partial charge in [0.25, 0.3) is 0 Å². The first-order chi connectivity index (χ1) is 8.61. The number of piperazine rings is 1. The van der Waals surface area contributed by atoms with Gasteiger partial charge in [-0.2, -0.15) is 5.26 Å². The molecule has 1 fully saturated rings. The molecule has 0 aliphatic carbocycles. The zero-order chi connectivity index (χ0) is 13.1. The van der Waals surface area contributed by atoms with E-state index in [4.69, 9.17) is 5.26 Å². The molecule has 1 aliphatic rings. The highest BCUT2D eigenvalue weighted by Crippen LogP contribution is 2.21. The van der Waals surface area contributed by atoms with Gasteiger partial charge in [-0.15, -0.1) is 0 Å². The molecular formula is C12H14BrFN4. The number of nitriles is 1. The smallest absolute Gasteiger partial charge is 0.166 e. The van der Waals surface area contributed by atoms with Gasteiger partial charge in [-0.25, -0.2) is 9.37 Å². The van der Waals surface area contributed by atoms with Crippen molar-refractivity contribution in [1.29, 1.82) is 5.26 Å². The Morgan fingerprint density at radius 2 is 2.11 bits per heavy atom. The molecule has 1 unspecified atom stereocenters. The summed E-state index contributed by atoms with van der Waals surface area (Å²) in [7, 11) is 0. The fourth-order valence-corrected chi connectivity index (χ4v) is 2.35. The van der Waals surface area contributed by atoms with Gasteiger partial charge in [0.1, 0.15) is 0 Å². The largest absolute Gasteiger partial charge is 0.352 e. The first-order valence-electron chi connectivity index (χ1n) is 5.81. The number of rotatable bonds is 2. The molecule has 1 aliphatic heterocycles. The molecule has 0 radical (unpaired) electrons. The average Bonchev–Trinajstić information content (AvgIpc) is 2.38. The number of aromatic nitrogens is 1. The Morgan fingerprint density at radius 3 is 2.67 bits per heavy atom. The van der Waals surface area contributed by atoms with E-state index in [9.17, 15) is 4.39 Å². The Hall–Kier alpha value is -1.19. The molecule has 0 amide bonds. The minimum absolute atomic E-state index is 0.0881. The predicted molar refractivity (Wildman–Crippen MR) is 70.8 cm³/mol. The summed E-state index contributed by atoms with van der Waals surface area (Å²) in [5, 5.41) is 8.86. The molecule has 4 nitrogen and oxygen atoms in total. The maximum atomic E-state index is 13.8. The van der Waals surface area contributed by atoms with Gasteiger partial charge in [0.2, 0.25) is 0 Å². The third-order valence-electron chi connectivity index (χ3n) is 3.14. The lowest BCUT2D eigenvalue weighted by Gasteiger charge is -2.36. The van der Waals surface area contributed by atoms with E-state index in [0.29, 0.717) is 23.4 Å².